The van der Waals surface area contributed by atoms with Gasteiger partial charge in [0.15, 0.2) is 5.78 Å². The number of alkyl halides is 3. The summed E-state index contributed by atoms with van der Waals surface area (Å²) in [6.07, 6.45) is -0.365. The number of ether oxygens (including phenoxy) is 1. The largest absolute Gasteiger partial charge is 0.481 e. The summed E-state index contributed by atoms with van der Waals surface area (Å²) in [6, 6.07) is 3.64. The Morgan fingerprint density at radius 2 is 2.05 bits per heavy atom. The van der Waals surface area contributed by atoms with Crippen molar-refractivity contribution in [1.82, 2.24) is 0 Å². The SMILES string of the molecule is CC(Br)C(=O)c1cc(OC(F)F)ccc1CC(=O)O. The third-order valence-electron chi connectivity index (χ3n) is 2.27. The Labute approximate surface area is 116 Å². The van der Waals surface area contributed by atoms with Crippen LogP contribution >= 0.6 is 15.9 Å². The second-order valence-corrected chi connectivity index (χ2v) is 5.12. The first kappa shape index (κ1) is 15.6. The molecule has 7 heteroatoms. The summed E-state index contributed by atoms with van der Waals surface area (Å²) >= 11 is 3.07. The summed E-state index contributed by atoms with van der Waals surface area (Å²) in [7, 11) is 0. The smallest absolute Gasteiger partial charge is 0.387 e. The number of carbonyl (C=O) groups excluding carboxylic acids is 1. The van der Waals surface area contributed by atoms with E-state index in [-0.39, 0.29) is 23.3 Å². The molecule has 1 N–H and O–H groups in total. The van der Waals surface area contributed by atoms with E-state index in [1.807, 2.05) is 0 Å². The maximum atomic E-state index is 12.1. The molecule has 0 saturated heterocycles. The number of carboxylic acids is 1. The summed E-state index contributed by atoms with van der Waals surface area (Å²) in [5.74, 6) is -1.68. The molecule has 0 spiro atoms. The molecule has 1 unspecified atom stereocenters. The van der Waals surface area contributed by atoms with Crippen molar-refractivity contribution in [3.05, 3.63) is 29.3 Å². The average molecular weight is 337 g/mol. The summed E-state index contributed by atoms with van der Waals surface area (Å²) in [6.45, 7) is -1.44. The predicted octanol–water partition coefficient (Wildman–Crippen LogP) is 2.88. The number of Topliss-reactive ketones (excluding diaryl/α,β-unsaturated/α-hetero) is 1. The van der Waals surface area contributed by atoms with Gasteiger partial charge < -0.3 is 9.84 Å². The summed E-state index contributed by atoms with van der Waals surface area (Å²) in [5.41, 5.74) is 0.315. The lowest BCUT2D eigenvalue weighted by molar-refractivity contribution is -0.136. The number of carboxylic acid groups (broad SMARTS) is 1. The second kappa shape index (κ2) is 6.60. The first-order chi connectivity index (χ1) is 8.81. The molecule has 0 radical (unpaired) electrons. The monoisotopic (exact) mass is 336 g/mol. The van der Waals surface area contributed by atoms with Crippen LogP contribution in [0.4, 0.5) is 8.78 Å². The van der Waals surface area contributed by atoms with Crippen molar-refractivity contribution < 1.29 is 28.2 Å². The van der Waals surface area contributed by atoms with E-state index in [4.69, 9.17) is 5.11 Å². The van der Waals surface area contributed by atoms with E-state index >= 15 is 0 Å². The van der Waals surface area contributed by atoms with Gasteiger partial charge in [0.1, 0.15) is 5.75 Å². The zero-order valence-electron chi connectivity index (χ0n) is 9.90. The highest BCUT2D eigenvalue weighted by Crippen LogP contribution is 2.23. The number of aliphatic carboxylic acids is 1. The van der Waals surface area contributed by atoms with Crippen LogP contribution in [-0.4, -0.2) is 28.3 Å². The number of rotatable bonds is 6. The van der Waals surface area contributed by atoms with Crippen LogP contribution < -0.4 is 4.74 Å². The second-order valence-electron chi connectivity index (χ2n) is 3.75. The minimum Gasteiger partial charge on any atom is -0.481 e. The first-order valence-electron chi connectivity index (χ1n) is 5.29. The molecule has 1 atom stereocenters. The Morgan fingerprint density at radius 3 is 2.53 bits per heavy atom. The standard InChI is InChI=1S/C12H11BrF2O4/c1-6(13)11(18)9-5-8(19-12(14)15)3-2-7(9)4-10(16)17/h2-3,5-6,12H,4H2,1H3,(H,16,17). The van der Waals surface area contributed by atoms with E-state index in [2.05, 4.69) is 20.7 Å². The molecule has 104 valence electrons. The van der Waals surface area contributed by atoms with Crippen molar-refractivity contribution in [3.8, 4) is 5.75 Å². The molecule has 0 fully saturated rings. The molecule has 0 heterocycles. The number of halogens is 3. The molecular formula is C12H11BrF2O4. The molecule has 0 bridgehead atoms. The lowest BCUT2D eigenvalue weighted by Crippen LogP contribution is -2.15. The topological polar surface area (TPSA) is 63.6 Å². The summed E-state index contributed by atoms with van der Waals surface area (Å²) in [4.78, 5) is 22.0. The van der Waals surface area contributed by atoms with Crippen LogP contribution in [0.2, 0.25) is 0 Å². The van der Waals surface area contributed by atoms with Gasteiger partial charge in [0.05, 0.1) is 11.2 Å². The molecule has 0 aliphatic heterocycles. The zero-order chi connectivity index (χ0) is 14.6. The Morgan fingerprint density at radius 1 is 1.42 bits per heavy atom. The van der Waals surface area contributed by atoms with Crippen molar-refractivity contribution in [1.29, 1.82) is 0 Å². The maximum Gasteiger partial charge on any atom is 0.387 e. The Hall–Kier alpha value is -1.50. The van der Waals surface area contributed by atoms with Gasteiger partial charge >= 0.3 is 12.6 Å². The van der Waals surface area contributed by atoms with Gasteiger partial charge in [-0.05, 0) is 24.6 Å². The minimum atomic E-state index is -3.00. The van der Waals surface area contributed by atoms with Crippen LogP contribution in [0.3, 0.4) is 0 Å². The van der Waals surface area contributed by atoms with Crippen LogP contribution in [0.1, 0.15) is 22.8 Å². The fraction of sp³-hybridized carbons (Fsp3) is 0.333. The highest BCUT2D eigenvalue weighted by molar-refractivity contribution is 9.10. The number of hydrogen-bond acceptors (Lipinski definition) is 3. The molecule has 0 amide bonds. The van der Waals surface area contributed by atoms with Crippen LogP contribution in [0.25, 0.3) is 0 Å². The first-order valence-corrected chi connectivity index (χ1v) is 6.20. The molecule has 0 aromatic heterocycles. The van der Waals surface area contributed by atoms with Gasteiger partial charge in [0, 0.05) is 5.56 Å². The summed E-state index contributed by atoms with van der Waals surface area (Å²) in [5, 5.41) is 8.75. The molecule has 1 aromatic rings. The van der Waals surface area contributed by atoms with Crippen molar-refractivity contribution in [2.24, 2.45) is 0 Å². The molecule has 1 rings (SSSR count). The zero-order valence-corrected chi connectivity index (χ0v) is 11.5. The van der Waals surface area contributed by atoms with Crippen LogP contribution in [0.15, 0.2) is 18.2 Å². The Bertz CT molecular complexity index is 489. The number of ketones is 1. The minimum absolute atomic E-state index is 0.0601. The van der Waals surface area contributed by atoms with Crippen molar-refractivity contribution >= 4 is 27.7 Å². The van der Waals surface area contributed by atoms with Crippen molar-refractivity contribution in [2.45, 2.75) is 24.8 Å². The van der Waals surface area contributed by atoms with Gasteiger partial charge in [-0.3, -0.25) is 9.59 Å². The van der Waals surface area contributed by atoms with E-state index in [9.17, 15) is 18.4 Å². The highest BCUT2D eigenvalue weighted by atomic mass is 79.9. The van der Waals surface area contributed by atoms with Gasteiger partial charge in [-0.2, -0.15) is 8.78 Å². The highest BCUT2D eigenvalue weighted by Gasteiger charge is 2.19. The molecule has 0 aliphatic carbocycles. The lowest BCUT2D eigenvalue weighted by atomic mass is 9.99. The van der Waals surface area contributed by atoms with Gasteiger partial charge in [0.25, 0.3) is 0 Å². The van der Waals surface area contributed by atoms with Crippen LogP contribution in [0.5, 0.6) is 5.75 Å². The van der Waals surface area contributed by atoms with Crippen molar-refractivity contribution in [2.75, 3.05) is 0 Å². The van der Waals surface area contributed by atoms with E-state index < -0.39 is 23.2 Å². The Balaban J connectivity index is 3.17. The number of carbonyl (C=O) groups is 2. The van der Waals surface area contributed by atoms with Gasteiger partial charge in [-0.15, -0.1) is 0 Å². The normalized spacial score (nSPS) is 12.3. The molecule has 19 heavy (non-hydrogen) atoms. The fourth-order valence-electron chi connectivity index (χ4n) is 1.49. The van der Waals surface area contributed by atoms with Gasteiger partial charge in [0.2, 0.25) is 0 Å². The van der Waals surface area contributed by atoms with Gasteiger partial charge in [-0.1, -0.05) is 22.0 Å². The average Bonchev–Trinajstić information content (AvgIpc) is 2.28. The third-order valence-corrected chi connectivity index (χ3v) is 2.69. The third kappa shape index (κ3) is 4.59. The lowest BCUT2D eigenvalue weighted by Gasteiger charge is -2.11. The maximum absolute atomic E-state index is 12.1. The van der Waals surface area contributed by atoms with E-state index in [1.54, 1.807) is 6.92 Å². The van der Waals surface area contributed by atoms with Crippen LogP contribution in [-0.2, 0) is 11.2 Å². The molecule has 0 saturated carbocycles. The molecule has 1 aromatic carbocycles. The Kier molecular flexibility index (Phi) is 5.41. The fourth-order valence-corrected chi connectivity index (χ4v) is 1.74. The van der Waals surface area contributed by atoms with E-state index in [1.165, 1.54) is 12.1 Å². The summed E-state index contributed by atoms with van der Waals surface area (Å²) < 4.78 is 28.4. The van der Waals surface area contributed by atoms with Gasteiger partial charge in [-0.25, -0.2) is 0 Å². The molecular weight excluding hydrogens is 326 g/mol. The van der Waals surface area contributed by atoms with E-state index in [0.29, 0.717) is 0 Å². The van der Waals surface area contributed by atoms with E-state index in [0.717, 1.165) is 6.07 Å². The molecule has 0 aliphatic rings. The number of benzene rings is 1. The molecule has 4 nitrogen and oxygen atoms in total. The van der Waals surface area contributed by atoms with Crippen molar-refractivity contribution in [3.63, 3.8) is 0 Å². The number of hydrogen-bond donors (Lipinski definition) is 1. The van der Waals surface area contributed by atoms with Crippen LogP contribution in [0, 0.1) is 0 Å². The predicted molar refractivity (Wildman–Crippen MR) is 67.1 cm³/mol. The quantitative estimate of drug-likeness (QED) is 0.640.